The topological polar surface area (TPSA) is 70.5 Å². The molecule has 0 spiro atoms. The molecule has 106 valence electrons. The van der Waals surface area contributed by atoms with Crippen LogP contribution < -0.4 is 0 Å². The molecule has 0 saturated carbocycles. The number of hydrogen-bond donors (Lipinski definition) is 1. The normalized spacial score (nSPS) is 13.6. The Morgan fingerprint density at radius 1 is 1.10 bits per heavy atom. The molecule has 0 unspecified atom stereocenters. The van der Waals surface area contributed by atoms with Gasteiger partial charge >= 0.3 is 5.97 Å². The Labute approximate surface area is 121 Å². The van der Waals surface area contributed by atoms with E-state index in [-0.39, 0.29) is 17.0 Å². The first kappa shape index (κ1) is 13.3. The summed E-state index contributed by atoms with van der Waals surface area (Å²) >= 11 is 0. The number of carboxylic acids is 1. The molecule has 0 radical (unpaired) electrons. The van der Waals surface area contributed by atoms with Crippen LogP contribution in [0.4, 0.5) is 0 Å². The molecule has 1 aliphatic rings. The zero-order valence-electron chi connectivity index (χ0n) is 11.3. The minimum atomic E-state index is -1.09. The van der Waals surface area contributed by atoms with E-state index in [0.717, 1.165) is 11.3 Å². The van der Waals surface area contributed by atoms with Crippen molar-refractivity contribution in [2.45, 2.75) is 13.0 Å². The van der Waals surface area contributed by atoms with E-state index < -0.39 is 5.97 Å². The van der Waals surface area contributed by atoms with Crippen LogP contribution in [0.5, 0.6) is 0 Å². The van der Waals surface area contributed by atoms with E-state index in [2.05, 4.69) is 4.98 Å². The maximum atomic E-state index is 12.6. The highest BCUT2D eigenvalue weighted by Gasteiger charge is 2.25. The predicted octanol–water partition coefficient (Wildman–Crippen LogP) is 1.98. The zero-order valence-corrected chi connectivity index (χ0v) is 11.3. The lowest BCUT2D eigenvalue weighted by Crippen LogP contribution is -2.37. The average molecular weight is 282 g/mol. The van der Waals surface area contributed by atoms with E-state index in [0.29, 0.717) is 19.5 Å². The minimum absolute atomic E-state index is 0.0412. The van der Waals surface area contributed by atoms with Crippen molar-refractivity contribution >= 4 is 11.9 Å². The van der Waals surface area contributed by atoms with Gasteiger partial charge in [0.05, 0.1) is 11.1 Å². The fourth-order valence-corrected chi connectivity index (χ4v) is 2.57. The van der Waals surface area contributed by atoms with Gasteiger partial charge in [-0.2, -0.15) is 0 Å². The van der Waals surface area contributed by atoms with E-state index in [1.807, 2.05) is 12.1 Å². The van der Waals surface area contributed by atoms with Crippen molar-refractivity contribution in [1.82, 2.24) is 9.88 Å². The summed E-state index contributed by atoms with van der Waals surface area (Å²) in [6.07, 6.45) is 2.44. The zero-order chi connectivity index (χ0) is 14.8. The number of carboxylic acid groups (broad SMARTS) is 1. The van der Waals surface area contributed by atoms with Crippen molar-refractivity contribution in [2.75, 3.05) is 6.54 Å². The number of amides is 1. The molecule has 1 aliphatic heterocycles. The molecular weight excluding hydrogens is 268 g/mol. The first-order valence-electron chi connectivity index (χ1n) is 6.71. The monoisotopic (exact) mass is 282 g/mol. The second-order valence-corrected chi connectivity index (χ2v) is 4.94. The van der Waals surface area contributed by atoms with Crippen LogP contribution in [0.3, 0.4) is 0 Å². The van der Waals surface area contributed by atoms with Crippen LogP contribution >= 0.6 is 0 Å². The summed E-state index contributed by atoms with van der Waals surface area (Å²) in [4.78, 5) is 29.8. The van der Waals surface area contributed by atoms with Crippen LogP contribution in [-0.2, 0) is 13.0 Å². The van der Waals surface area contributed by atoms with Gasteiger partial charge in [0.2, 0.25) is 0 Å². The Balaban J connectivity index is 1.89. The van der Waals surface area contributed by atoms with Gasteiger partial charge in [-0.25, -0.2) is 4.79 Å². The predicted molar refractivity (Wildman–Crippen MR) is 76.1 cm³/mol. The van der Waals surface area contributed by atoms with Crippen molar-refractivity contribution in [2.24, 2.45) is 0 Å². The lowest BCUT2D eigenvalue weighted by Gasteiger charge is -2.28. The van der Waals surface area contributed by atoms with Crippen LogP contribution in [0.1, 0.15) is 32.0 Å². The van der Waals surface area contributed by atoms with E-state index in [1.165, 1.54) is 6.07 Å². The Bertz CT molecular complexity index is 712. The summed E-state index contributed by atoms with van der Waals surface area (Å²) < 4.78 is 0. The molecular formula is C16H14N2O3. The summed E-state index contributed by atoms with van der Waals surface area (Å²) in [5.41, 5.74) is 2.30. The summed E-state index contributed by atoms with van der Waals surface area (Å²) in [5, 5.41) is 9.19. The number of carbonyl (C=O) groups excluding carboxylic acids is 1. The van der Waals surface area contributed by atoms with E-state index in [9.17, 15) is 14.7 Å². The van der Waals surface area contributed by atoms with Crippen molar-refractivity contribution in [3.05, 3.63) is 65.0 Å². The van der Waals surface area contributed by atoms with Gasteiger partial charge in [0.25, 0.3) is 5.91 Å². The third-order valence-corrected chi connectivity index (χ3v) is 3.64. The van der Waals surface area contributed by atoms with Crippen molar-refractivity contribution < 1.29 is 14.7 Å². The molecule has 0 saturated heterocycles. The number of nitrogens with zero attached hydrogens (tertiary/aromatic N) is 2. The Hall–Kier alpha value is -2.69. The molecule has 5 nitrogen and oxygen atoms in total. The molecule has 5 heteroatoms. The molecule has 0 atom stereocenters. The maximum Gasteiger partial charge on any atom is 0.336 e. The highest BCUT2D eigenvalue weighted by atomic mass is 16.4. The van der Waals surface area contributed by atoms with Crippen LogP contribution in [0.15, 0.2) is 42.6 Å². The third-order valence-electron chi connectivity index (χ3n) is 3.64. The van der Waals surface area contributed by atoms with Crippen molar-refractivity contribution in [1.29, 1.82) is 0 Å². The quantitative estimate of drug-likeness (QED) is 0.914. The van der Waals surface area contributed by atoms with Crippen LogP contribution in [0.2, 0.25) is 0 Å². The molecule has 1 N–H and O–H groups in total. The highest BCUT2D eigenvalue weighted by molar-refractivity contribution is 6.04. The van der Waals surface area contributed by atoms with Crippen LogP contribution in [-0.4, -0.2) is 33.4 Å². The molecule has 0 fully saturated rings. The van der Waals surface area contributed by atoms with Gasteiger partial charge in [0.1, 0.15) is 0 Å². The van der Waals surface area contributed by atoms with Gasteiger partial charge in [-0.1, -0.05) is 18.2 Å². The average Bonchev–Trinajstić information content (AvgIpc) is 2.53. The van der Waals surface area contributed by atoms with Crippen LogP contribution in [0.25, 0.3) is 0 Å². The minimum Gasteiger partial charge on any atom is -0.478 e. The Morgan fingerprint density at radius 2 is 1.86 bits per heavy atom. The molecule has 1 aromatic carbocycles. The molecule has 1 aromatic heterocycles. The molecule has 3 rings (SSSR count). The third kappa shape index (κ3) is 2.50. The Kier molecular flexibility index (Phi) is 3.39. The lowest BCUT2D eigenvalue weighted by molar-refractivity contribution is 0.0669. The number of rotatable bonds is 2. The number of benzene rings is 1. The van der Waals surface area contributed by atoms with E-state index in [4.69, 9.17) is 0 Å². The molecule has 0 bridgehead atoms. The van der Waals surface area contributed by atoms with Crippen molar-refractivity contribution in [3.63, 3.8) is 0 Å². The first-order valence-corrected chi connectivity index (χ1v) is 6.71. The van der Waals surface area contributed by atoms with Gasteiger partial charge in [-0.15, -0.1) is 0 Å². The number of hydrogen-bond acceptors (Lipinski definition) is 3. The molecule has 2 heterocycles. The van der Waals surface area contributed by atoms with Gasteiger partial charge in [-0.05, 0) is 23.8 Å². The van der Waals surface area contributed by atoms with Crippen LogP contribution in [0, 0.1) is 0 Å². The smallest absolute Gasteiger partial charge is 0.336 e. The second-order valence-electron chi connectivity index (χ2n) is 4.94. The van der Waals surface area contributed by atoms with Gasteiger partial charge in [0, 0.05) is 31.4 Å². The standard InChI is InChI=1S/C16H14N2O3/c19-15(12-5-1-2-6-13(12)16(20)21)18-9-7-14-11(10-18)4-3-8-17-14/h1-6,8H,7,9-10H2,(H,20,21). The SMILES string of the molecule is O=C(O)c1ccccc1C(=O)N1CCc2ncccc2C1. The number of aromatic carboxylic acids is 1. The lowest BCUT2D eigenvalue weighted by atomic mass is 10.0. The Morgan fingerprint density at radius 3 is 2.62 bits per heavy atom. The summed E-state index contributed by atoms with van der Waals surface area (Å²) in [5.74, 6) is -1.33. The fourth-order valence-electron chi connectivity index (χ4n) is 2.57. The summed E-state index contributed by atoms with van der Waals surface area (Å²) in [6.45, 7) is 1.02. The van der Waals surface area contributed by atoms with Crippen molar-refractivity contribution in [3.8, 4) is 0 Å². The summed E-state index contributed by atoms with van der Waals surface area (Å²) in [6, 6.07) is 10.1. The number of fused-ring (bicyclic) bond motifs is 1. The highest BCUT2D eigenvalue weighted by Crippen LogP contribution is 2.20. The van der Waals surface area contributed by atoms with Gasteiger partial charge in [-0.3, -0.25) is 9.78 Å². The van der Waals surface area contributed by atoms with E-state index >= 15 is 0 Å². The first-order chi connectivity index (χ1) is 10.2. The molecule has 1 amide bonds. The van der Waals surface area contributed by atoms with Gasteiger partial charge in [0.15, 0.2) is 0 Å². The molecule has 0 aliphatic carbocycles. The fraction of sp³-hybridized carbons (Fsp3) is 0.188. The molecule has 21 heavy (non-hydrogen) atoms. The number of pyridine rings is 1. The van der Waals surface area contributed by atoms with Gasteiger partial charge < -0.3 is 10.0 Å². The summed E-state index contributed by atoms with van der Waals surface area (Å²) in [7, 11) is 0. The maximum absolute atomic E-state index is 12.6. The molecule has 2 aromatic rings. The number of aromatic nitrogens is 1. The van der Waals surface area contributed by atoms with E-state index in [1.54, 1.807) is 29.3 Å². The second kappa shape index (κ2) is 5.36. The number of carbonyl (C=O) groups is 2. The largest absolute Gasteiger partial charge is 0.478 e.